The van der Waals surface area contributed by atoms with Crippen LogP contribution >= 0.6 is 0 Å². The van der Waals surface area contributed by atoms with Crippen molar-refractivity contribution < 1.29 is 9.13 Å². The van der Waals surface area contributed by atoms with Gasteiger partial charge in [0.25, 0.3) is 0 Å². The minimum atomic E-state index is -0.266. The van der Waals surface area contributed by atoms with Gasteiger partial charge in [-0.05, 0) is 47.6 Å². The molecule has 2 saturated heterocycles. The molecular formula is C21H24FN3O. The smallest absolute Gasteiger partial charge is 0.141 e. The van der Waals surface area contributed by atoms with Gasteiger partial charge in [0, 0.05) is 39.1 Å². The van der Waals surface area contributed by atoms with Crippen molar-refractivity contribution in [1.82, 2.24) is 9.88 Å². The van der Waals surface area contributed by atoms with Crippen LogP contribution in [0.15, 0.2) is 36.5 Å². The minimum Gasteiger partial charge on any atom is -0.493 e. The van der Waals surface area contributed by atoms with Crippen LogP contribution in [0.3, 0.4) is 0 Å². The quantitative estimate of drug-likeness (QED) is 0.845. The van der Waals surface area contributed by atoms with Crippen LogP contribution in [-0.2, 0) is 12.8 Å². The summed E-state index contributed by atoms with van der Waals surface area (Å²) in [5, 5.41) is 0. The van der Waals surface area contributed by atoms with E-state index in [1.807, 2.05) is 0 Å². The highest BCUT2D eigenvalue weighted by Gasteiger charge is 2.40. The number of nitrogens with zero attached hydrogens (tertiary/aromatic N) is 3. The molecule has 2 fully saturated rings. The number of anilines is 1. The van der Waals surface area contributed by atoms with E-state index in [0.29, 0.717) is 11.8 Å². The summed E-state index contributed by atoms with van der Waals surface area (Å²) >= 11 is 0. The molecule has 4 heterocycles. The molecule has 1 aromatic heterocycles. The van der Waals surface area contributed by atoms with Gasteiger partial charge in [0.2, 0.25) is 0 Å². The lowest BCUT2D eigenvalue weighted by Crippen LogP contribution is -2.30. The van der Waals surface area contributed by atoms with E-state index >= 15 is 0 Å². The van der Waals surface area contributed by atoms with Crippen LogP contribution < -0.4 is 9.64 Å². The second-order valence-electron chi connectivity index (χ2n) is 7.81. The molecule has 4 nitrogen and oxygen atoms in total. The van der Waals surface area contributed by atoms with Crippen LogP contribution in [0.4, 0.5) is 10.2 Å². The van der Waals surface area contributed by atoms with E-state index in [9.17, 15) is 4.39 Å². The molecule has 0 N–H and O–H groups in total. The van der Waals surface area contributed by atoms with Gasteiger partial charge in [0.15, 0.2) is 0 Å². The van der Waals surface area contributed by atoms with Crippen LogP contribution in [0.5, 0.6) is 5.75 Å². The summed E-state index contributed by atoms with van der Waals surface area (Å²) in [5.41, 5.74) is 2.78. The summed E-state index contributed by atoms with van der Waals surface area (Å²) < 4.78 is 18.7. The van der Waals surface area contributed by atoms with E-state index in [0.717, 1.165) is 63.7 Å². The van der Waals surface area contributed by atoms with Gasteiger partial charge in [-0.25, -0.2) is 9.37 Å². The lowest BCUT2D eigenvalue weighted by Gasteiger charge is -2.22. The molecule has 5 heteroatoms. The molecule has 1 aromatic carbocycles. The zero-order valence-corrected chi connectivity index (χ0v) is 14.9. The first kappa shape index (κ1) is 16.1. The molecule has 0 radical (unpaired) electrons. The topological polar surface area (TPSA) is 28.6 Å². The first-order chi connectivity index (χ1) is 12.7. The van der Waals surface area contributed by atoms with Crippen LogP contribution in [0.2, 0.25) is 0 Å². The number of pyridine rings is 1. The second kappa shape index (κ2) is 6.54. The Hall–Kier alpha value is -2.14. The molecule has 0 spiro atoms. The average Bonchev–Trinajstić information content (AvgIpc) is 3.34. The summed E-state index contributed by atoms with van der Waals surface area (Å²) in [7, 11) is 0. The molecule has 0 aliphatic carbocycles. The fourth-order valence-corrected chi connectivity index (χ4v) is 4.70. The minimum absolute atomic E-state index is 0.266. The van der Waals surface area contributed by atoms with E-state index < -0.39 is 0 Å². The van der Waals surface area contributed by atoms with Crippen LogP contribution in [0, 0.1) is 17.7 Å². The Balaban J connectivity index is 1.15. The third-order valence-electron chi connectivity index (χ3n) is 6.07. The van der Waals surface area contributed by atoms with Crippen molar-refractivity contribution >= 4 is 5.82 Å². The standard InChI is InChI=1S/C21H24FN3O/c22-19-2-4-21(23-10-19)25-13-17-11-24(12-18(17)14-25)7-5-15-1-3-20-16(9-15)6-8-26-20/h1-4,9-10,17-18H,5-8,11-14H2. The normalized spacial score (nSPS) is 24.6. The molecule has 2 unspecified atom stereocenters. The zero-order chi connectivity index (χ0) is 17.5. The number of aromatic nitrogens is 1. The van der Waals surface area contributed by atoms with E-state index in [4.69, 9.17) is 4.74 Å². The molecule has 26 heavy (non-hydrogen) atoms. The fourth-order valence-electron chi connectivity index (χ4n) is 4.70. The summed E-state index contributed by atoms with van der Waals surface area (Å²) in [6.07, 6.45) is 3.47. The van der Waals surface area contributed by atoms with Gasteiger partial charge in [-0.1, -0.05) is 12.1 Å². The predicted octanol–water partition coefficient (Wildman–Crippen LogP) is 2.77. The fraction of sp³-hybridized carbons (Fsp3) is 0.476. The van der Waals surface area contributed by atoms with Gasteiger partial charge < -0.3 is 14.5 Å². The van der Waals surface area contributed by atoms with Gasteiger partial charge in [-0.2, -0.15) is 0 Å². The van der Waals surface area contributed by atoms with E-state index in [-0.39, 0.29) is 5.82 Å². The molecule has 136 valence electrons. The number of halogens is 1. The van der Waals surface area contributed by atoms with Crippen LogP contribution in [-0.4, -0.2) is 49.2 Å². The highest BCUT2D eigenvalue weighted by molar-refractivity contribution is 5.41. The number of likely N-dealkylation sites (tertiary alicyclic amines) is 1. The zero-order valence-electron chi connectivity index (χ0n) is 14.9. The summed E-state index contributed by atoms with van der Waals surface area (Å²) in [4.78, 5) is 9.16. The SMILES string of the molecule is Fc1ccc(N2CC3CN(CCc4ccc5c(c4)CCO5)CC3C2)nc1. The molecule has 0 bridgehead atoms. The number of hydrogen-bond donors (Lipinski definition) is 0. The van der Waals surface area contributed by atoms with Crippen LogP contribution in [0.1, 0.15) is 11.1 Å². The highest BCUT2D eigenvalue weighted by Crippen LogP contribution is 2.33. The summed E-state index contributed by atoms with van der Waals surface area (Å²) in [6.45, 7) is 6.36. The highest BCUT2D eigenvalue weighted by atomic mass is 19.1. The maximum Gasteiger partial charge on any atom is 0.141 e. The Morgan fingerprint density at radius 3 is 2.69 bits per heavy atom. The summed E-state index contributed by atoms with van der Waals surface area (Å²) in [6, 6.07) is 9.96. The first-order valence-electron chi connectivity index (χ1n) is 9.58. The number of hydrogen-bond acceptors (Lipinski definition) is 4. The van der Waals surface area contributed by atoms with Gasteiger partial charge >= 0.3 is 0 Å². The number of rotatable bonds is 4. The number of fused-ring (bicyclic) bond motifs is 2. The Kier molecular flexibility index (Phi) is 4.04. The molecule has 3 aliphatic rings. The van der Waals surface area contributed by atoms with Crippen molar-refractivity contribution in [3.05, 3.63) is 53.5 Å². The molecule has 2 atom stereocenters. The second-order valence-corrected chi connectivity index (χ2v) is 7.81. The van der Waals surface area contributed by atoms with Crippen molar-refractivity contribution in [2.75, 3.05) is 44.2 Å². The Bertz CT molecular complexity index is 780. The molecule has 0 amide bonds. The monoisotopic (exact) mass is 353 g/mol. The number of ether oxygens (including phenoxy) is 1. The van der Waals surface area contributed by atoms with Crippen molar-refractivity contribution in [2.45, 2.75) is 12.8 Å². The van der Waals surface area contributed by atoms with Crippen molar-refractivity contribution in [2.24, 2.45) is 11.8 Å². The van der Waals surface area contributed by atoms with Crippen LogP contribution in [0.25, 0.3) is 0 Å². The lowest BCUT2D eigenvalue weighted by atomic mass is 10.0. The third kappa shape index (κ3) is 3.05. The van der Waals surface area contributed by atoms with E-state index in [2.05, 4.69) is 33.0 Å². The molecule has 0 saturated carbocycles. The number of benzene rings is 1. The molecule has 2 aromatic rings. The van der Waals surface area contributed by atoms with E-state index in [1.165, 1.54) is 23.4 Å². The molecular weight excluding hydrogens is 329 g/mol. The largest absolute Gasteiger partial charge is 0.493 e. The Morgan fingerprint density at radius 1 is 1.08 bits per heavy atom. The third-order valence-corrected chi connectivity index (χ3v) is 6.07. The average molecular weight is 353 g/mol. The maximum atomic E-state index is 13.1. The Morgan fingerprint density at radius 2 is 1.92 bits per heavy atom. The van der Waals surface area contributed by atoms with Gasteiger partial charge in [-0.3, -0.25) is 0 Å². The maximum absolute atomic E-state index is 13.1. The van der Waals surface area contributed by atoms with Gasteiger partial charge in [0.05, 0.1) is 12.8 Å². The first-order valence-corrected chi connectivity index (χ1v) is 9.58. The molecule has 3 aliphatic heterocycles. The lowest BCUT2D eigenvalue weighted by molar-refractivity contribution is 0.320. The summed E-state index contributed by atoms with van der Waals surface area (Å²) in [5.74, 6) is 3.12. The Labute approximate surface area is 153 Å². The van der Waals surface area contributed by atoms with Crippen molar-refractivity contribution in [3.63, 3.8) is 0 Å². The van der Waals surface area contributed by atoms with Gasteiger partial charge in [-0.15, -0.1) is 0 Å². The molecule has 5 rings (SSSR count). The van der Waals surface area contributed by atoms with Crippen molar-refractivity contribution in [3.8, 4) is 5.75 Å². The van der Waals surface area contributed by atoms with Gasteiger partial charge in [0.1, 0.15) is 17.4 Å². The predicted molar refractivity (Wildman–Crippen MR) is 99.2 cm³/mol. The van der Waals surface area contributed by atoms with E-state index in [1.54, 1.807) is 6.07 Å². The van der Waals surface area contributed by atoms with Crippen molar-refractivity contribution in [1.29, 1.82) is 0 Å².